The molecule has 0 bridgehead atoms. The molecule has 7 heteroatoms. The summed E-state index contributed by atoms with van der Waals surface area (Å²) in [6, 6.07) is 5.88. The van der Waals surface area contributed by atoms with Gasteiger partial charge >= 0.3 is 0 Å². The van der Waals surface area contributed by atoms with Crippen LogP contribution in [0.1, 0.15) is 32.3 Å². The van der Waals surface area contributed by atoms with E-state index < -0.39 is 0 Å². The second-order valence-electron chi connectivity index (χ2n) is 5.67. The van der Waals surface area contributed by atoms with Crippen molar-refractivity contribution >= 4 is 11.8 Å². The number of hydrogen-bond acceptors (Lipinski definition) is 7. The van der Waals surface area contributed by atoms with Crippen LogP contribution in [-0.4, -0.2) is 35.1 Å². The predicted molar refractivity (Wildman–Crippen MR) is 92.5 cm³/mol. The van der Waals surface area contributed by atoms with Gasteiger partial charge in [0.05, 0.1) is 6.20 Å². The first-order valence-electron chi connectivity index (χ1n) is 8.37. The quantitative estimate of drug-likeness (QED) is 0.798. The van der Waals surface area contributed by atoms with Gasteiger partial charge in [-0.25, -0.2) is 0 Å². The van der Waals surface area contributed by atoms with Gasteiger partial charge in [-0.2, -0.15) is 10.1 Å². The van der Waals surface area contributed by atoms with Crippen LogP contribution in [0.25, 0.3) is 0 Å². The van der Waals surface area contributed by atoms with Crippen LogP contribution in [0.15, 0.2) is 24.4 Å². The first-order valence-corrected chi connectivity index (χ1v) is 8.37. The van der Waals surface area contributed by atoms with Crippen LogP contribution in [-0.2, 0) is 6.54 Å². The summed E-state index contributed by atoms with van der Waals surface area (Å²) in [7, 11) is 0. The fourth-order valence-electron chi connectivity index (χ4n) is 2.63. The van der Waals surface area contributed by atoms with Crippen molar-refractivity contribution in [2.45, 2.75) is 33.2 Å². The molecule has 24 heavy (non-hydrogen) atoms. The van der Waals surface area contributed by atoms with Crippen LogP contribution >= 0.6 is 0 Å². The van der Waals surface area contributed by atoms with Gasteiger partial charge in [0.1, 0.15) is 0 Å². The Hall–Kier alpha value is -2.57. The molecule has 1 aromatic heterocycles. The summed E-state index contributed by atoms with van der Waals surface area (Å²) in [6.45, 7) is 7.14. The van der Waals surface area contributed by atoms with E-state index in [1.165, 1.54) is 0 Å². The summed E-state index contributed by atoms with van der Waals surface area (Å²) in [5.41, 5.74) is 1.08. The summed E-state index contributed by atoms with van der Waals surface area (Å²) in [6.07, 6.45) is 3.87. The van der Waals surface area contributed by atoms with E-state index in [9.17, 15) is 0 Å². The van der Waals surface area contributed by atoms with Crippen molar-refractivity contribution in [3.05, 3.63) is 30.0 Å². The zero-order valence-corrected chi connectivity index (χ0v) is 14.2. The molecule has 0 atom stereocenters. The lowest BCUT2D eigenvalue weighted by molar-refractivity contribution is 0.174. The number of fused-ring (bicyclic) bond motifs is 1. The van der Waals surface area contributed by atoms with E-state index in [1.807, 2.05) is 18.2 Å². The van der Waals surface area contributed by atoms with Crippen LogP contribution < -0.4 is 19.7 Å². The number of ether oxygens (including phenoxy) is 2. The average Bonchev–Trinajstić information content (AvgIpc) is 3.08. The molecule has 3 rings (SSSR count). The highest BCUT2D eigenvalue weighted by atomic mass is 16.7. The van der Waals surface area contributed by atoms with Crippen molar-refractivity contribution in [2.24, 2.45) is 0 Å². The van der Waals surface area contributed by atoms with Gasteiger partial charge in [-0.05, 0) is 30.5 Å². The number of aromatic nitrogens is 3. The lowest BCUT2D eigenvalue weighted by Gasteiger charge is -2.22. The van der Waals surface area contributed by atoms with E-state index >= 15 is 0 Å². The van der Waals surface area contributed by atoms with Gasteiger partial charge in [0.15, 0.2) is 17.3 Å². The van der Waals surface area contributed by atoms with Crippen molar-refractivity contribution in [1.29, 1.82) is 0 Å². The molecule has 0 aliphatic carbocycles. The fraction of sp³-hybridized carbons (Fsp3) is 0.471. The maximum atomic E-state index is 5.40. The number of nitrogens with one attached hydrogen (secondary N) is 1. The molecule has 2 heterocycles. The van der Waals surface area contributed by atoms with Gasteiger partial charge in [0.2, 0.25) is 12.7 Å². The molecule has 0 saturated heterocycles. The Morgan fingerprint density at radius 1 is 1.12 bits per heavy atom. The minimum Gasteiger partial charge on any atom is -0.454 e. The van der Waals surface area contributed by atoms with Gasteiger partial charge in [0, 0.05) is 19.6 Å². The van der Waals surface area contributed by atoms with Crippen LogP contribution in [0.5, 0.6) is 11.5 Å². The molecular weight excluding hydrogens is 306 g/mol. The molecule has 0 fully saturated rings. The monoisotopic (exact) mass is 329 g/mol. The maximum Gasteiger partial charge on any atom is 0.244 e. The lowest BCUT2D eigenvalue weighted by atomic mass is 10.2. The highest BCUT2D eigenvalue weighted by Gasteiger charge is 2.13. The van der Waals surface area contributed by atoms with Gasteiger partial charge in [-0.1, -0.05) is 19.9 Å². The van der Waals surface area contributed by atoms with Crippen LogP contribution in [0.4, 0.5) is 11.8 Å². The zero-order valence-electron chi connectivity index (χ0n) is 14.2. The zero-order chi connectivity index (χ0) is 16.8. The topological polar surface area (TPSA) is 72.4 Å². The highest BCUT2D eigenvalue weighted by Crippen LogP contribution is 2.32. The number of anilines is 2. The largest absolute Gasteiger partial charge is 0.454 e. The van der Waals surface area contributed by atoms with E-state index in [0.29, 0.717) is 12.5 Å². The summed E-state index contributed by atoms with van der Waals surface area (Å²) >= 11 is 0. The molecule has 0 unspecified atom stereocenters. The standard InChI is InChI=1S/C17H23N5O2/c1-3-7-22(8-4-2)16-11-19-21-17(20-16)18-10-13-5-6-14-15(9-13)24-12-23-14/h5-6,9,11H,3-4,7-8,10,12H2,1-2H3,(H,18,20,21). The molecule has 1 N–H and O–H groups in total. The molecule has 1 aliphatic rings. The van der Waals surface area contributed by atoms with Gasteiger partial charge in [0.25, 0.3) is 0 Å². The molecule has 7 nitrogen and oxygen atoms in total. The molecule has 2 aromatic rings. The van der Waals surface area contributed by atoms with E-state index in [2.05, 4.69) is 39.2 Å². The van der Waals surface area contributed by atoms with Crippen molar-refractivity contribution < 1.29 is 9.47 Å². The molecule has 0 radical (unpaired) electrons. The second-order valence-corrected chi connectivity index (χ2v) is 5.67. The first-order chi connectivity index (χ1) is 11.8. The molecular formula is C17H23N5O2. The predicted octanol–water partition coefficient (Wildman–Crippen LogP) is 2.84. The number of nitrogens with zero attached hydrogens (tertiary/aromatic N) is 4. The third-order valence-corrected chi connectivity index (χ3v) is 3.74. The molecule has 1 aliphatic heterocycles. The summed E-state index contributed by atoms with van der Waals surface area (Å²) in [5.74, 6) is 2.96. The average molecular weight is 329 g/mol. The third kappa shape index (κ3) is 3.84. The highest BCUT2D eigenvalue weighted by molar-refractivity contribution is 5.46. The third-order valence-electron chi connectivity index (χ3n) is 3.74. The normalized spacial score (nSPS) is 12.2. The Morgan fingerprint density at radius 3 is 2.71 bits per heavy atom. The Labute approximate surface area is 142 Å². The molecule has 0 amide bonds. The smallest absolute Gasteiger partial charge is 0.244 e. The van der Waals surface area contributed by atoms with E-state index in [0.717, 1.165) is 48.8 Å². The number of benzene rings is 1. The van der Waals surface area contributed by atoms with Crippen LogP contribution in [0, 0.1) is 0 Å². The Balaban J connectivity index is 1.66. The number of hydrogen-bond donors (Lipinski definition) is 1. The van der Waals surface area contributed by atoms with Crippen molar-refractivity contribution in [1.82, 2.24) is 15.2 Å². The van der Waals surface area contributed by atoms with E-state index in [4.69, 9.17) is 9.47 Å². The first kappa shape index (κ1) is 16.3. The lowest BCUT2D eigenvalue weighted by Crippen LogP contribution is -2.26. The summed E-state index contributed by atoms with van der Waals surface area (Å²) in [5, 5.41) is 11.4. The van der Waals surface area contributed by atoms with E-state index in [1.54, 1.807) is 6.20 Å². The van der Waals surface area contributed by atoms with Gasteiger partial charge < -0.3 is 19.7 Å². The van der Waals surface area contributed by atoms with Crippen molar-refractivity contribution in [3.8, 4) is 11.5 Å². The molecule has 0 spiro atoms. The van der Waals surface area contributed by atoms with Gasteiger partial charge in [-0.3, -0.25) is 0 Å². The van der Waals surface area contributed by atoms with E-state index in [-0.39, 0.29) is 6.79 Å². The minimum atomic E-state index is 0.284. The van der Waals surface area contributed by atoms with Crippen LogP contribution in [0.2, 0.25) is 0 Å². The Morgan fingerprint density at radius 2 is 1.92 bits per heavy atom. The summed E-state index contributed by atoms with van der Waals surface area (Å²) in [4.78, 5) is 6.82. The summed E-state index contributed by atoms with van der Waals surface area (Å²) < 4.78 is 10.7. The Bertz CT molecular complexity index is 674. The fourth-order valence-corrected chi connectivity index (χ4v) is 2.63. The van der Waals surface area contributed by atoms with Crippen LogP contribution in [0.3, 0.4) is 0 Å². The SMILES string of the molecule is CCCN(CCC)c1cnnc(NCc2ccc3c(c2)OCO3)n1. The molecule has 1 aromatic carbocycles. The number of rotatable bonds is 8. The maximum absolute atomic E-state index is 5.40. The minimum absolute atomic E-state index is 0.284. The van der Waals surface area contributed by atoms with Crippen molar-refractivity contribution in [2.75, 3.05) is 30.1 Å². The van der Waals surface area contributed by atoms with Crippen molar-refractivity contribution in [3.63, 3.8) is 0 Å². The molecule has 128 valence electrons. The second kappa shape index (κ2) is 7.81. The van der Waals surface area contributed by atoms with Gasteiger partial charge in [-0.15, -0.1) is 5.10 Å². The molecule has 0 saturated carbocycles. The Kier molecular flexibility index (Phi) is 5.30.